The van der Waals surface area contributed by atoms with E-state index in [1.807, 2.05) is 5.32 Å². The molecule has 0 aliphatic carbocycles. The zero-order valence-corrected chi connectivity index (χ0v) is 6.67. The molecule has 1 aliphatic heterocycles. The van der Waals surface area contributed by atoms with Crippen LogP contribution in [0.25, 0.3) is 0 Å². The first kappa shape index (κ1) is 9.92. The van der Waals surface area contributed by atoms with Gasteiger partial charge in [0.05, 0.1) is 0 Å². The van der Waals surface area contributed by atoms with Gasteiger partial charge in [-0.25, -0.2) is 14.4 Å². The van der Waals surface area contributed by atoms with Crippen LogP contribution in [-0.2, 0) is 4.79 Å². The van der Waals surface area contributed by atoms with Crippen LogP contribution in [0, 0.1) is 0 Å². The van der Waals surface area contributed by atoms with Gasteiger partial charge in [-0.05, 0) is 0 Å². The third-order valence-corrected chi connectivity index (χ3v) is 1.40. The van der Waals surface area contributed by atoms with E-state index in [2.05, 4.69) is 4.99 Å². The molecule has 0 spiro atoms. The summed E-state index contributed by atoms with van der Waals surface area (Å²) >= 11 is 0. The van der Waals surface area contributed by atoms with Gasteiger partial charge < -0.3 is 10.8 Å². The van der Waals surface area contributed by atoms with E-state index in [9.17, 15) is 14.4 Å². The van der Waals surface area contributed by atoms with Crippen molar-refractivity contribution in [3.05, 3.63) is 0 Å². The summed E-state index contributed by atoms with van der Waals surface area (Å²) in [7, 11) is 0. The molecule has 4 amide bonds. The van der Waals surface area contributed by atoms with Crippen molar-refractivity contribution in [1.29, 1.82) is 0 Å². The highest BCUT2D eigenvalue weighted by atomic mass is 16.5. The first-order valence-corrected chi connectivity index (χ1v) is 3.33. The van der Waals surface area contributed by atoms with Crippen LogP contribution in [0.2, 0.25) is 0 Å². The number of aliphatic carboxylic acids is 1. The van der Waals surface area contributed by atoms with E-state index in [4.69, 9.17) is 16.0 Å². The van der Waals surface area contributed by atoms with Crippen LogP contribution >= 0.6 is 0 Å². The molecule has 14 heavy (non-hydrogen) atoms. The van der Waals surface area contributed by atoms with Crippen LogP contribution in [-0.4, -0.2) is 45.3 Å². The average molecular weight is 202 g/mol. The predicted octanol–water partition coefficient (Wildman–Crippen LogP) is -1.67. The Morgan fingerprint density at radius 1 is 1.57 bits per heavy atom. The Morgan fingerprint density at radius 3 is 2.57 bits per heavy atom. The van der Waals surface area contributed by atoms with Gasteiger partial charge in [-0.15, -0.1) is 0 Å². The molecule has 0 saturated carbocycles. The van der Waals surface area contributed by atoms with Crippen molar-refractivity contribution in [2.75, 3.05) is 0 Å². The van der Waals surface area contributed by atoms with Crippen molar-refractivity contribution in [2.24, 2.45) is 10.7 Å². The lowest BCUT2D eigenvalue weighted by atomic mass is 10.3. The molecule has 1 atom stereocenters. The number of nitrogens with two attached hydrogens (primary N) is 1. The van der Waals surface area contributed by atoms with Crippen LogP contribution in [0.4, 0.5) is 9.59 Å². The van der Waals surface area contributed by atoms with E-state index in [0.29, 0.717) is 0 Å². The Balaban J connectivity index is 2.91. The molecule has 0 saturated heterocycles. The topological polar surface area (TPSA) is 145 Å². The summed E-state index contributed by atoms with van der Waals surface area (Å²) in [5.74, 6) is -2.05. The summed E-state index contributed by atoms with van der Waals surface area (Å²) < 4.78 is 0. The number of carbonyl (C=O) groups excluding carboxylic acids is 2. The average Bonchev–Trinajstić information content (AvgIpc) is 2.26. The SMILES string of the molecule is NC(=O)NC1=NC(=O)N(O)C1C(=O)O. The number of primary amides is 1. The number of hydroxylamine groups is 2. The Bertz CT molecular complexity index is 337. The van der Waals surface area contributed by atoms with Gasteiger partial charge in [0.1, 0.15) is 0 Å². The quantitative estimate of drug-likeness (QED) is 0.375. The molecule has 0 aromatic carbocycles. The molecule has 1 unspecified atom stereocenters. The first-order valence-electron chi connectivity index (χ1n) is 3.33. The molecule has 0 radical (unpaired) electrons. The maximum atomic E-state index is 10.7. The third-order valence-electron chi connectivity index (χ3n) is 1.40. The maximum absolute atomic E-state index is 10.7. The van der Waals surface area contributed by atoms with Crippen molar-refractivity contribution in [3.63, 3.8) is 0 Å². The van der Waals surface area contributed by atoms with Crippen molar-refractivity contribution in [1.82, 2.24) is 10.4 Å². The molecule has 5 N–H and O–H groups in total. The molecular weight excluding hydrogens is 196 g/mol. The van der Waals surface area contributed by atoms with Crippen LogP contribution in [0.3, 0.4) is 0 Å². The highest BCUT2D eigenvalue weighted by Crippen LogP contribution is 2.09. The summed E-state index contributed by atoms with van der Waals surface area (Å²) in [4.78, 5) is 34.7. The number of hydrogen-bond donors (Lipinski definition) is 4. The first-order chi connectivity index (χ1) is 6.43. The lowest BCUT2D eigenvalue weighted by Gasteiger charge is -2.13. The smallest absolute Gasteiger partial charge is 0.370 e. The second-order valence-electron chi connectivity index (χ2n) is 2.35. The van der Waals surface area contributed by atoms with E-state index in [1.165, 1.54) is 0 Å². The minimum atomic E-state index is -1.73. The number of amides is 4. The van der Waals surface area contributed by atoms with Crippen molar-refractivity contribution < 1.29 is 24.7 Å². The van der Waals surface area contributed by atoms with Crippen LogP contribution < -0.4 is 11.1 Å². The molecule has 1 aliphatic rings. The Morgan fingerprint density at radius 2 is 2.14 bits per heavy atom. The fraction of sp³-hybridized carbons (Fsp3) is 0.200. The number of rotatable bonds is 1. The zero-order chi connectivity index (χ0) is 10.9. The zero-order valence-electron chi connectivity index (χ0n) is 6.67. The molecule has 1 rings (SSSR count). The number of nitrogens with zero attached hydrogens (tertiary/aromatic N) is 2. The van der Waals surface area contributed by atoms with Gasteiger partial charge in [-0.2, -0.15) is 10.1 Å². The van der Waals surface area contributed by atoms with Gasteiger partial charge in [-0.1, -0.05) is 0 Å². The molecule has 0 fully saturated rings. The van der Waals surface area contributed by atoms with Gasteiger partial charge >= 0.3 is 18.0 Å². The standard InChI is InChI=1S/C5H6N4O5/c6-4(12)7-2-1(3(10)11)9(14)5(13)8-2/h1,14H,(H,10,11)(H3,6,7,8,12,13). The largest absolute Gasteiger partial charge is 0.479 e. The second kappa shape index (κ2) is 3.30. The van der Waals surface area contributed by atoms with Crippen molar-refractivity contribution in [3.8, 4) is 0 Å². The van der Waals surface area contributed by atoms with Crippen molar-refractivity contribution in [2.45, 2.75) is 6.04 Å². The normalized spacial score (nSPS) is 20.6. The molecule has 0 bridgehead atoms. The Kier molecular flexibility index (Phi) is 2.34. The predicted molar refractivity (Wildman–Crippen MR) is 40.6 cm³/mol. The summed E-state index contributed by atoms with van der Waals surface area (Å²) in [6.07, 6.45) is 0. The van der Waals surface area contributed by atoms with Gasteiger partial charge in [0, 0.05) is 0 Å². The highest BCUT2D eigenvalue weighted by molar-refractivity contribution is 6.17. The minimum absolute atomic E-state index is 0.117. The Labute approximate surface area is 76.8 Å². The highest BCUT2D eigenvalue weighted by Gasteiger charge is 2.40. The summed E-state index contributed by atoms with van der Waals surface area (Å²) in [6, 6.07) is -3.98. The van der Waals surface area contributed by atoms with Gasteiger partial charge in [-0.3, -0.25) is 10.5 Å². The van der Waals surface area contributed by atoms with Gasteiger partial charge in [0.15, 0.2) is 5.84 Å². The molecule has 9 nitrogen and oxygen atoms in total. The summed E-state index contributed by atoms with van der Waals surface area (Å²) in [5, 5.41) is 19.2. The third kappa shape index (κ3) is 1.61. The molecule has 1 heterocycles. The molecule has 76 valence electrons. The van der Waals surface area contributed by atoms with E-state index in [1.54, 1.807) is 0 Å². The number of carboxylic acid groups (broad SMARTS) is 1. The Hall–Kier alpha value is -2.16. The number of nitrogens with one attached hydrogen (secondary N) is 1. The van der Waals surface area contributed by atoms with E-state index in [0.717, 1.165) is 0 Å². The molecule has 0 aromatic rings. The number of carboxylic acids is 1. The number of aliphatic imine (C=N–C) groups is 1. The van der Waals surface area contributed by atoms with Gasteiger partial charge in [0.25, 0.3) is 0 Å². The lowest BCUT2D eigenvalue weighted by molar-refractivity contribution is -0.149. The van der Waals surface area contributed by atoms with Gasteiger partial charge in [0.2, 0.25) is 6.04 Å². The molecular formula is C5H6N4O5. The fourth-order valence-corrected chi connectivity index (χ4v) is 0.886. The number of carbonyl (C=O) groups is 3. The number of amidine groups is 1. The molecule has 9 heteroatoms. The van der Waals surface area contributed by atoms with Crippen molar-refractivity contribution >= 4 is 23.9 Å². The van der Waals surface area contributed by atoms with Crippen LogP contribution in [0.15, 0.2) is 4.99 Å². The monoisotopic (exact) mass is 202 g/mol. The van der Waals surface area contributed by atoms with Crippen LogP contribution in [0.5, 0.6) is 0 Å². The summed E-state index contributed by atoms with van der Waals surface area (Å²) in [6.45, 7) is 0. The minimum Gasteiger partial charge on any atom is -0.479 e. The number of hydrogen-bond acceptors (Lipinski definition) is 4. The number of urea groups is 2. The van der Waals surface area contributed by atoms with E-state index < -0.39 is 29.9 Å². The maximum Gasteiger partial charge on any atom is 0.370 e. The van der Waals surface area contributed by atoms with E-state index in [-0.39, 0.29) is 5.06 Å². The second-order valence-corrected chi connectivity index (χ2v) is 2.35. The van der Waals surface area contributed by atoms with Crippen LogP contribution in [0.1, 0.15) is 0 Å². The fourth-order valence-electron chi connectivity index (χ4n) is 0.886. The summed E-state index contributed by atoms with van der Waals surface area (Å²) in [5.41, 5.74) is 4.69. The van der Waals surface area contributed by atoms with E-state index >= 15 is 0 Å². The lowest BCUT2D eigenvalue weighted by Crippen LogP contribution is -2.49. The molecule has 0 aromatic heterocycles.